The van der Waals surface area contributed by atoms with E-state index in [1.165, 1.54) is 32.4 Å². The number of rotatable bonds is 9. The van der Waals surface area contributed by atoms with E-state index in [1.54, 1.807) is 30.3 Å². The molecule has 0 saturated heterocycles. The van der Waals surface area contributed by atoms with Gasteiger partial charge in [-0.3, -0.25) is 4.79 Å². The molecular formula is C18H20N2O6S. The third kappa shape index (κ3) is 5.45. The second-order valence-corrected chi connectivity index (χ2v) is 7.06. The molecule has 0 aliphatic carbocycles. The van der Waals surface area contributed by atoms with Gasteiger partial charge < -0.3 is 14.6 Å². The van der Waals surface area contributed by atoms with E-state index in [1.807, 2.05) is 0 Å². The van der Waals surface area contributed by atoms with Crippen LogP contribution in [0.5, 0.6) is 11.5 Å². The van der Waals surface area contributed by atoms with Crippen LogP contribution in [0.15, 0.2) is 58.5 Å². The Balaban J connectivity index is 2.34. The largest absolute Gasteiger partial charge is 0.497 e. The zero-order valence-electron chi connectivity index (χ0n) is 14.9. The molecule has 9 heteroatoms. The molecule has 0 spiro atoms. The van der Waals surface area contributed by atoms with Crippen LogP contribution < -0.4 is 14.3 Å². The minimum absolute atomic E-state index is 0.0710. The summed E-state index contributed by atoms with van der Waals surface area (Å²) in [6.07, 6.45) is -0.108. The van der Waals surface area contributed by atoms with Crippen molar-refractivity contribution < 1.29 is 27.8 Å². The summed E-state index contributed by atoms with van der Waals surface area (Å²) in [6.45, 7) is 0. The van der Waals surface area contributed by atoms with Gasteiger partial charge in [0.1, 0.15) is 16.4 Å². The summed E-state index contributed by atoms with van der Waals surface area (Å²) in [6, 6.07) is 13.0. The van der Waals surface area contributed by atoms with Gasteiger partial charge in [0, 0.05) is 12.5 Å². The van der Waals surface area contributed by atoms with E-state index in [4.69, 9.17) is 14.6 Å². The Kier molecular flexibility index (Phi) is 6.78. The quantitative estimate of drug-likeness (QED) is 0.500. The third-order valence-corrected chi connectivity index (χ3v) is 4.89. The number of nitrogens with zero attached hydrogens (tertiary/aromatic N) is 1. The lowest BCUT2D eigenvalue weighted by molar-refractivity contribution is -0.136. The van der Waals surface area contributed by atoms with Gasteiger partial charge in [0.2, 0.25) is 0 Å². The van der Waals surface area contributed by atoms with Crippen LogP contribution in [-0.2, 0) is 14.8 Å². The van der Waals surface area contributed by atoms with Crippen molar-refractivity contribution in [2.75, 3.05) is 14.2 Å². The van der Waals surface area contributed by atoms with Crippen molar-refractivity contribution in [3.05, 3.63) is 54.1 Å². The highest BCUT2D eigenvalue weighted by Crippen LogP contribution is 2.28. The van der Waals surface area contributed by atoms with E-state index in [-0.39, 0.29) is 23.5 Å². The fourth-order valence-electron chi connectivity index (χ4n) is 2.28. The highest BCUT2D eigenvalue weighted by atomic mass is 32.2. The molecule has 8 nitrogen and oxygen atoms in total. The molecule has 0 heterocycles. The predicted octanol–water partition coefficient (Wildman–Crippen LogP) is 2.25. The predicted molar refractivity (Wildman–Crippen MR) is 99.7 cm³/mol. The second kappa shape index (κ2) is 9.04. The summed E-state index contributed by atoms with van der Waals surface area (Å²) in [5, 5.41) is 12.9. The number of hydrazone groups is 1. The molecule has 0 bridgehead atoms. The zero-order valence-corrected chi connectivity index (χ0v) is 15.7. The van der Waals surface area contributed by atoms with E-state index >= 15 is 0 Å². The smallest absolute Gasteiger partial charge is 0.303 e. The van der Waals surface area contributed by atoms with Crippen molar-refractivity contribution >= 4 is 21.7 Å². The van der Waals surface area contributed by atoms with E-state index in [0.29, 0.717) is 17.0 Å². The Morgan fingerprint density at radius 2 is 1.78 bits per heavy atom. The molecule has 2 aromatic carbocycles. The fourth-order valence-corrected chi connectivity index (χ4v) is 3.26. The fraction of sp³-hybridized carbons (Fsp3) is 0.222. The highest BCUT2D eigenvalue weighted by molar-refractivity contribution is 7.89. The van der Waals surface area contributed by atoms with Crippen molar-refractivity contribution in [2.45, 2.75) is 17.7 Å². The minimum atomic E-state index is -4.04. The van der Waals surface area contributed by atoms with Crippen LogP contribution in [0.2, 0.25) is 0 Å². The van der Waals surface area contributed by atoms with Crippen LogP contribution >= 0.6 is 0 Å². The molecule has 0 saturated carbocycles. The van der Waals surface area contributed by atoms with Gasteiger partial charge in [-0.15, -0.1) is 0 Å². The van der Waals surface area contributed by atoms with Crippen molar-refractivity contribution in [2.24, 2.45) is 5.10 Å². The van der Waals surface area contributed by atoms with Gasteiger partial charge in [-0.05, 0) is 17.7 Å². The van der Waals surface area contributed by atoms with Crippen molar-refractivity contribution in [3.8, 4) is 11.5 Å². The summed E-state index contributed by atoms with van der Waals surface area (Å²) in [5.74, 6) is -0.456. The van der Waals surface area contributed by atoms with Crippen LogP contribution in [0, 0.1) is 0 Å². The molecule has 0 atom stereocenters. The first-order valence-electron chi connectivity index (χ1n) is 7.95. The van der Waals surface area contributed by atoms with Crippen LogP contribution in [0.25, 0.3) is 0 Å². The zero-order chi connectivity index (χ0) is 19.9. The topological polar surface area (TPSA) is 114 Å². The Bertz CT molecular complexity index is 926. The molecule has 0 aliphatic heterocycles. The average molecular weight is 392 g/mol. The summed E-state index contributed by atoms with van der Waals surface area (Å²) in [4.78, 5) is 12.9. The molecule has 0 fully saturated rings. The number of carboxylic acid groups (broad SMARTS) is 1. The molecule has 27 heavy (non-hydrogen) atoms. The van der Waals surface area contributed by atoms with Crippen molar-refractivity contribution in [3.63, 3.8) is 0 Å². The first-order valence-corrected chi connectivity index (χ1v) is 9.43. The molecule has 2 rings (SSSR count). The maximum Gasteiger partial charge on any atom is 0.303 e. The molecule has 2 aromatic rings. The number of carbonyl (C=O) groups is 1. The molecule has 0 aliphatic rings. The Morgan fingerprint density at radius 1 is 1.07 bits per heavy atom. The molecule has 0 aromatic heterocycles. The van der Waals surface area contributed by atoms with E-state index in [2.05, 4.69) is 9.93 Å². The lowest BCUT2D eigenvalue weighted by Gasteiger charge is -2.12. The maximum absolute atomic E-state index is 12.6. The first kappa shape index (κ1) is 20.2. The van der Waals surface area contributed by atoms with Crippen LogP contribution in [-0.4, -0.2) is 39.4 Å². The van der Waals surface area contributed by atoms with E-state index < -0.39 is 16.0 Å². The number of hydrogen-bond acceptors (Lipinski definition) is 6. The van der Waals surface area contributed by atoms with Gasteiger partial charge in [0.15, 0.2) is 0 Å². The Hall–Kier alpha value is -3.07. The van der Waals surface area contributed by atoms with Crippen molar-refractivity contribution in [1.29, 1.82) is 0 Å². The van der Waals surface area contributed by atoms with Crippen LogP contribution in [0.4, 0.5) is 0 Å². The standard InChI is InChI=1S/C18H20N2O6S/c1-25-14-8-10-17(16(12-14)26-2)27(23,24)20-19-15(9-11-18(21)22)13-6-4-3-5-7-13/h3-8,10,12,20H,9,11H2,1-2H3,(H,21,22)/b19-15+. The van der Waals surface area contributed by atoms with Gasteiger partial charge in [0.05, 0.1) is 26.4 Å². The lowest BCUT2D eigenvalue weighted by atomic mass is 10.1. The number of hydrogen-bond donors (Lipinski definition) is 2. The molecule has 0 radical (unpaired) electrons. The SMILES string of the molecule is COc1ccc(S(=O)(=O)N/N=C(\CCC(=O)O)c2ccccc2)c(OC)c1. The van der Waals surface area contributed by atoms with Gasteiger partial charge in [-0.2, -0.15) is 18.4 Å². The number of ether oxygens (including phenoxy) is 2. The molecule has 2 N–H and O–H groups in total. The van der Waals surface area contributed by atoms with Gasteiger partial charge in [0.25, 0.3) is 10.0 Å². The minimum Gasteiger partial charge on any atom is -0.497 e. The molecule has 144 valence electrons. The maximum atomic E-state index is 12.6. The normalized spacial score (nSPS) is 11.7. The third-order valence-electron chi connectivity index (χ3n) is 3.64. The van der Waals surface area contributed by atoms with Gasteiger partial charge in [-0.1, -0.05) is 30.3 Å². The summed E-state index contributed by atoms with van der Waals surface area (Å²) >= 11 is 0. The molecule has 0 amide bonds. The van der Waals surface area contributed by atoms with E-state index in [0.717, 1.165) is 0 Å². The number of methoxy groups -OCH3 is 2. The number of aliphatic carboxylic acids is 1. The van der Waals surface area contributed by atoms with Crippen LogP contribution in [0.3, 0.4) is 0 Å². The first-order chi connectivity index (χ1) is 12.9. The number of carboxylic acids is 1. The monoisotopic (exact) mass is 392 g/mol. The van der Waals surface area contributed by atoms with E-state index in [9.17, 15) is 13.2 Å². The Labute approximate surface area is 157 Å². The molecular weight excluding hydrogens is 372 g/mol. The summed E-state index contributed by atoms with van der Waals surface area (Å²) < 4.78 is 35.4. The van der Waals surface area contributed by atoms with Gasteiger partial charge >= 0.3 is 5.97 Å². The lowest BCUT2D eigenvalue weighted by Crippen LogP contribution is -2.21. The second-order valence-electron chi connectivity index (χ2n) is 5.43. The van der Waals surface area contributed by atoms with Crippen molar-refractivity contribution in [1.82, 2.24) is 4.83 Å². The molecule has 0 unspecified atom stereocenters. The van der Waals surface area contributed by atoms with Gasteiger partial charge in [-0.25, -0.2) is 0 Å². The highest BCUT2D eigenvalue weighted by Gasteiger charge is 2.20. The number of nitrogens with one attached hydrogen (secondary N) is 1. The van der Waals surface area contributed by atoms with Crippen LogP contribution in [0.1, 0.15) is 18.4 Å². The Morgan fingerprint density at radius 3 is 2.37 bits per heavy atom. The number of benzene rings is 2. The summed E-state index contributed by atoms with van der Waals surface area (Å²) in [5.41, 5.74) is 0.942. The summed E-state index contributed by atoms with van der Waals surface area (Å²) in [7, 11) is -1.23. The number of sulfonamides is 1. The average Bonchev–Trinajstić information content (AvgIpc) is 2.67.